The molecule has 0 saturated heterocycles. The first-order valence-corrected chi connectivity index (χ1v) is 5.64. The fourth-order valence-electron chi connectivity index (χ4n) is 1.50. The first-order chi connectivity index (χ1) is 7.65. The third kappa shape index (κ3) is 1.59. The summed E-state index contributed by atoms with van der Waals surface area (Å²) in [6, 6.07) is 5.06. The number of anilines is 1. The van der Waals surface area contributed by atoms with E-state index in [1.165, 1.54) is 11.3 Å². The smallest absolute Gasteiger partial charge is 0.350 e. The van der Waals surface area contributed by atoms with Crippen LogP contribution in [-0.2, 0) is 4.74 Å². The average Bonchev–Trinajstić information content (AvgIpc) is 2.58. The number of phenols is 1. The van der Waals surface area contributed by atoms with Crippen LogP contribution in [0.4, 0.5) is 5.69 Å². The van der Waals surface area contributed by atoms with Gasteiger partial charge in [0.1, 0.15) is 10.6 Å². The lowest BCUT2D eigenvalue weighted by Gasteiger charge is -1.99. The predicted octanol–water partition coefficient (Wildman–Crippen LogP) is 2.37. The second-order valence-corrected chi connectivity index (χ2v) is 4.27. The van der Waals surface area contributed by atoms with Gasteiger partial charge in [0, 0.05) is 4.70 Å². The van der Waals surface area contributed by atoms with Gasteiger partial charge < -0.3 is 15.6 Å². The summed E-state index contributed by atoms with van der Waals surface area (Å²) in [6.07, 6.45) is 0. The van der Waals surface area contributed by atoms with Crippen molar-refractivity contribution in [1.29, 1.82) is 0 Å². The number of fused-ring (bicyclic) bond motifs is 1. The lowest BCUT2D eigenvalue weighted by atomic mass is 10.2. The topological polar surface area (TPSA) is 72.5 Å². The van der Waals surface area contributed by atoms with Gasteiger partial charge in [-0.2, -0.15) is 0 Å². The summed E-state index contributed by atoms with van der Waals surface area (Å²) in [7, 11) is 0. The summed E-state index contributed by atoms with van der Waals surface area (Å²) < 4.78 is 5.67. The van der Waals surface area contributed by atoms with Crippen LogP contribution in [0.1, 0.15) is 16.6 Å². The largest absolute Gasteiger partial charge is 0.507 e. The zero-order chi connectivity index (χ0) is 11.7. The first-order valence-electron chi connectivity index (χ1n) is 4.82. The SMILES string of the molecule is CCOC(=O)c1sc2cccc(O)c2c1N. The number of ether oxygens (including phenoxy) is 1. The molecule has 0 aliphatic carbocycles. The van der Waals surface area contributed by atoms with Crippen molar-refractivity contribution >= 4 is 33.1 Å². The molecule has 0 atom stereocenters. The lowest BCUT2D eigenvalue weighted by molar-refractivity contribution is 0.0533. The van der Waals surface area contributed by atoms with Crippen molar-refractivity contribution in [2.45, 2.75) is 6.92 Å². The second kappa shape index (κ2) is 4.02. The Morgan fingerprint density at radius 2 is 2.31 bits per heavy atom. The highest BCUT2D eigenvalue weighted by Gasteiger charge is 2.18. The van der Waals surface area contributed by atoms with Crippen LogP contribution >= 0.6 is 11.3 Å². The Hall–Kier alpha value is -1.75. The van der Waals surface area contributed by atoms with Crippen LogP contribution in [0.5, 0.6) is 5.75 Å². The molecular formula is C11H11NO3S. The molecule has 2 rings (SSSR count). The van der Waals surface area contributed by atoms with Crippen LogP contribution in [0.3, 0.4) is 0 Å². The number of nitrogens with two attached hydrogens (primary N) is 1. The minimum atomic E-state index is -0.444. The highest BCUT2D eigenvalue weighted by Crippen LogP contribution is 2.39. The van der Waals surface area contributed by atoms with Gasteiger partial charge >= 0.3 is 5.97 Å². The molecule has 1 heterocycles. The van der Waals surface area contributed by atoms with Crippen LogP contribution in [0.25, 0.3) is 10.1 Å². The molecule has 16 heavy (non-hydrogen) atoms. The summed E-state index contributed by atoms with van der Waals surface area (Å²) in [6.45, 7) is 2.04. The number of carbonyl (C=O) groups excluding carboxylic acids is 1. The highest BCUT2D eigenvalue weighted by atomic mass is 32.1. The maximum absolute atomic E-state index is 11.6. The molecule has 1 aromatic heterocycles. The molecule has 3 N–H and O–H groups in total. The van der Waals surface area contributed by atoms with Gasteiger partial charge in [-0.05, 0) is 19.1 Å². The number of aromatic hydroxyl groups is 1. The van der Waals surface area contributed by atoms with Crippen molar-refractivity contribution in [3.63, 3.8) is 0 Å². The molecule has 2 aromatic rings. The van der Waals surface area contributed by atoms with Crippen LogP contribution in [0.15, 0.2) is 18.2 Å². The molecule has 0 saturated carbocycles. The summed E-state index contributed by atoms with van der Waals surface area (Å²) in [5, 5.41) is 10.2. The van der Waals surface area contributed by atoms with E-state index in [-0.39, 0.29) is 11.4 Å². The number of esters is 1. The maximum atomic E-state index is 11.6. The van der Waals surface area contributed by atoms with Gasteiger partial charge in [-0.3, -0.25) is 0 Å². The lowest BCUT2D eigenvalue weighted by Crippen LogP contribution is -2.04. The Bertz CT molecular complexity index is 547. The Kier molecular flexibility index (Phi) is 2.70. The maximum Gasteiger partial charge on any atom is 0.350 e. The van der Waals surface area contributed by atoms with E-state index in [1.807, 2.05) is 0 Å². The standard InChI is InChI=1S/C11H11NO3S/c1-2-15-11(14)10-9(12)8-6(13)4-3-5-7(8)16-10/h3-5,13H,2,12H2,1H3. The number of phenolic OH excluding ortho intramolecular Hbond substituents is 1. The number of rotatable bonds is 2. The first kappa shape index (κ1) is 10.8. The molecule has 0 unspecified atom stereocenters. The molecule has 84 valence electrons. The molecule has 0 aliphatic heterocycles. The molecule has 1 aromatic carbocycles. The number of nitrogen functional groups attached to an aromatic ring is 1. The van der Waals surface area contributed by atoms with Crippen LogP contribution in [0.2, 0.25) is 0 Å². The summed E-state index contributed by atoms with van der Waals surface area (Å²) in [4.78, 5) is 11.9. The van der Waals surface area contributed by atoms with Crippen molar-refractivity contribution in [3.05, 3.63) is 23.1 Å². The number of thiophene rings is 1. The normalized spacial score (nSPS) is 10.6. The molecule has 0 aliphatic rings. The Balaban J connectivity index is 2.61. The van der Waals surface area contributed by atoms with Gasteiger partial charge in [0.15, 0.2) is 0 Å². The Morgan fingerprint density at radius 3 is 2.94 bits per heavy atom. The van der Waals surface area contributed by atoms with Crippen LogP contribution in [-0.4, -0.2) is 17.7 Å². The van der Waals surface area contributed by atoms with E-state index < -0.39 is 5.97 Å². The Labute approximate surface area is 96.3 Å². The van der Waals surface area contributed by atoms with E-state index >= 15 is 0 Å². The van der Waals surface area contributed by atoms with Gasteiger partial charge in [-0.1, -0.05) is 6.07 Å². The number of benzene rings is 1. The fraction of sp³-hybridized carbons (Fsp3) is 0.182. The molecular weight excluding hydrogens is 226 g/mol. The van der Waals surface area contributed by atoms with E-state index in [4.69, 9.17) is 10.5 Å². The third-order valence-electron chi connectivity index (χ3n) is 2.19. The van der Waals surface area contributed by atoms with Crippen molar-refractivity contribution in [1.82, 2.24) is 0 Å². The Morgan fingerprint density at radius 1 is 1.56 bits per heavy atom. The van der Waals surface area contributed by atoms with E-state index in [2.05, 4.69) is 0 Å². The van der Waals surface area contributed by atoms with Gasteiger partial charge in [0.2, 0.25) is 0 Å². The highest BCUT2D eigenvalue weighted by molar-refractivity contribution is 7.21. The predicted molar refractivity (Wildman–Crippen MR) is 63.9 cm³/mol. The molecule has 0 radical (unpaired) electrons. The van der Waals surface area contributed by atoms with Crippen LogP contribution in [0, 0.1) is 0 Å². The van der Waals surface area contributed by atoms with Crippen molar-refractivity contribution in [2.24, 2.45) is 0 Å². The van der Waals surface area contributed by atoms with Gasteiger partial charge in [0.25, 0.3) is 0 Å². The zero-order valence-electron chi connectivity index (χ0n) is 8.69. The fourth-order valence-corrected chi connectivity index (χ4v) is 2.54. The minimum Gasteiger partial charge on any atom is -0.507 e. The number of carbonyl (C=O) groups is 1. The molecule has 4 nitrogen and oxygen atoms in total. The molecule has 0 amide bonds. The van der Waals surface area contributed by atoms with E-state index in [1.54, 1.807) is 25.1 Å². The van der Waals surface area contributed by atoms with E-state index in [0.29, 0.717) is 16.9 Å². The molecule has 5 heteroatoms. The van der Waals surface area contributed by atoms with Gasteiger partial charge in [-0.15, -0.1) is 11.3 Å². The summed E-state index contributed by atoms with van der Waals surface area (Å²) >= 11 is 1.23. The molecule has 0 spiro atoms. The monoisotopic (exact) mass is 237 g/mol. The van der Waals surface area contributed by atoms with E-state index in [0.717, 1.165) is 4.70 Å². The number of hydrogen-bond donors (Lipinski definition) is 2. The molecule has 0 bridgehead atoms. The molecule has 0 fully saturated rings. The minimum absolute atomic E-state index is 0.0850. The summed E-state index contributed by atoms with van der Waals surface area (Å²) in [5.74, 6) is -0.359. The van der Waals surface area contributed by atoms with E-state index in [9.17, 15) is 9.90 Å². The number of hydrogen-bond acceptors (Lipinski definition) is 5. The quantitative estimate of drug-likeness (QED) is 0.786. The van der Waals surface area contributed by atoms with Crippen molar-refractivity contribution in [3.8, 4) is 5.75 Å². The van der Waals surface area contributed by atoms with Crippen molar-refractivity contribution in [2.75, 3.05) is 12.3 Å². The zero-order valence-corrected chi connectivity index (χ0v) is 9.50. The van der Waals surface area contributed by atoms with Gasteiger partial charge in [-0.25, -0.2) is 4.79 Å². The van der Waals surface area contributed by atoms with Crippen LogP contribution < -0.4 is 5.73 Å². The second-order valence-electron chi connectivity index (χ2n) is 3.22. The third-order valence-corrected chi connectivity index (χ3v) is 3.34. The summed E-state index contributed by atoms with van der Waals surface area (Å²) in [5.41, 5.74) is 6.11. The van der Waals surface area contributed by atoms with Gasteiger partial charge in [0.05, 0.1) is 17.7 Å². The average molecular weight is 237 g/mol. The van der Waals surface area contributed by atoms with Crippen molar-refractivity contribution < 1.29 is 14.6 Å².